The van der Waals surface area contributed by atoms with E-state index in [9.17, 15) is 9.59 Å². The molecule has 0 bridgehead atoms. The fraction of sp³-hybridized carbons (Fsp3) is 0.421. The quantitative estimate of drug-likeness (QED) is 0.945. The smallest absolute Gasteiger partial charge is 0.227 e. The molecule has 2 heterocycles. The van der Waals surface area contributed by atoms with E-state index in [0.717, 1.165) is 42.3 Å². The lowest BCUT2D eigenvalue weighted by Gasteiger charge is -2.31. The Morgan fingerprint density at radius 1 is 1.00 bits per heavy atom. The van der Waals surface area contributed by atoms with Gasteiger partial charge in [0.15, 0.2) is 0 Å². The van der Waals surface area contributed by atoms with Crippen molar-refractivity contribution < 1.29 is 9.59 Å². The molecule has 0 spiro atoms. The van der Waals surface area contributed by atoms with Crippen molar-refractivity contribution in [2.45, 2.75) is 25.7 Å². The number of carbonyl (C=O) groups is 2. The monoisotopic (exact) mass is 323 g/mol. The second-order valence-corrected chi connectivity index (χ2v) is 6.74. The molecule has 4 rings (SSSR count). The third-order valence-corrected chi connectivity index (χ3v) is 4.99. The molecule has 5 heteroatoms. The van der Waals surface area contributed by atoms with E-state index in [1.807, 2.05) is 35.2 Å². The summed E-state index contributed by atoms with van der Waals surface area (Å²) in [7, 11) is 0. The van der Waals surface area contributed by atoms with E-state index in [0.29, 0.717) is 13.1 Å². The van der Waals surface area contributed by atoms with Crippen LogP contribution in [-0.4, -0.2) is 34.8 Å². The van der Waals surface area contributed by atoms with E-state index < -0.39 is 0 Å². The highest BCUT2D eigenvalue weighted by Gasteiger charge is 2.36. The molecule has 2 aromatic rings. The number of anilines is 1. The molecule has 1 aromatic heterocycles. The molecule has 2 amide bonds. The molecule has 24 heavy (non-hydrogen) atoms. The number of likely N-dealkylation sites (tertiary alicyclic amines) is 1. The molecule has 2 fully saturated rings. The minimum Gasteiger partial charge on any atom is -0.342 e. The number of piperidine rings is 1. The molecule has 1 N–H and O–H groups in total. The summed E-state index contributed by atoms with van der Waals surface area (Å²) in [6, 6.07) is 9.68. The summed E-state index contributed by atoms with van der Waals surface area (Å²) in [4.78, 5) is 31.0. The van der Waals surface area contributed by atoms with Crippen LogP contribution in [0.15, 0.2) is 36.5 Å². The number of hydrogen-bond acceptors (Lipinski definition) is 3. The molecule has 5 nitrogen and oxygen atoms in total. The number of carbonyl (C=O) groups excluding carboxylic acids is 2. The minimum absolute atomic E-state index is 0.0340. The Bertz CT molecular complexity index is 772. The Morgan fingerprint density at radius 3 is 2.50 bits per heavy atom. The number of hydrogen-bond donors (Lipinski definition) is 1. The number of pyridine rings is 1. The number of benzene rings is 1. The second-order valence-electron chi connectivity index (χ2n) is 6.74. The van der Waals surface area contributed by atoms with Crippen LogP contribution < -0.4 is 5.32 Å². The van der Waals surface area contributed by atoms with E-state index in [4.69, 9.17) is 0 Å². The normalized spacial score (nSPS) is 18.6. The first-order chi connectivity index (χ1) is 11.7. The first kappa shape index (κ1) is 15.1. The summed E-state index contributed by atoms with van der Waals surface area (Å²) < 4.78 is 0. The summed E-state index contributed by atoms with van der Waals surface area (Å²) >= 11 is 0. The van der Waals surface area contributed by atoms with Crippen LogP contribution in [0.1, 0.15) is 25.7 Å². The van der Waals surface area contributed by atoms with Crippen molar-refractivity contribution in [3.63, 3.8) is 0 Å². The lowest BCUT2D eigenvalue weighted by molar-refractivity contribution is -0.135. The molecule has 124 valence electrons. The zero-order valence-corrected chi connectivity index (χ0v) is 13.6. The van der Waals surface area contributed by atoms with Crippen molar-refractivity contribution in [3.8, 4) is 0 Å². The van der Waals surface area contributed by atoms with Gasteiger partial charge in [-0.1, -0.05) is 18.2 Å². The van der Waals surface area contributed by atoms with Crippen LogP contribution in [0.3, 0.4) is 0 Å². The SMILES string of the molecule is O=C(Nc1cccc2cccnc12)C1CCN(C(=O)C2CC2)CC1. The summed E-state index contributed by atoms with van der Waals surface area (Å²) in [5.41, 5.74) is 1.57. The van der Waals surface area contributed by atoms with Gasteiger partial charge in [0.25, 0.3) is 0 Å². The maximum absolute atomic E-state index is 12.6. The van der Waals surface area contributed by atoms with Gasteiger partial charge in [-0.25, -0.2) is 0 Å². The van der Waals surface area contributed by atoms with Crippen LogP contribution in [0.2, 0.25) is 0 Å². The van der Waals surface area contributed by atoms with Crippen LogP contribution in [0.25, 0.3) is 10.9 Å². The molecule has 1 saturated heterocycles. The number of fused-ring (bicyclic) bond motifs is 1. The molecular formula is C19H21N3O2. The Balaban J connectivity index is 1.40. The third kappa shape index (κ3) is 2.98. The first-order valence-corrected chi connectivity index (χ1v) is 8.66. The molecule has 0 atom stereocenters. The molecule has 2 aliphatic rings. The van der Waals surface area contributed by atoms with Gasteiger partial charge in [-0.3, -0.25) is 14.6 Å². The molecule has 1 aliphatic heterocycles. The highest BCUT2D eigenvalue weighted by molar-refractivity contribution is 6.01. The van der Waals surface area contributed by atoms with Gasteiger partial charge in [0.05, 0.1) is 11.2 Å². The lowest BCUT2D eigenvalue weighted by Crippen LogP contribution is -2.42. The van der Waals surface area contributed by atoms with Crippen molar-refractivity contribution in [2.24, 2.45) is 11.8 Å². The topological polar surface area (TPSA) is 62.3 Å². The zero-order chi connectivity index (χ0) is 16.5. The highest BCUT2D eigenvalue weighted by atomic mass is 16.2. The van der Waals surface area contributed by atoms with E-state index >= 15 is 0 Å². The lowest BCUT2D eigenvalue weighted by atomic mass is 9.95. The van der Waals surface area contributed by atoms with Crippen LogP contribution in [0.5, 0.6) is 0 Å². The van der Waals surface area contributed by atoms with Crippen molar-refractivity contribution in [1.29, 1.82) is 0 Å². The number of nitrogens with zero attached hydrogens (tertiary/aromatic N) is 2. The number of amides is 2. The second kappa shape index (κ2) is 6.23. The molecule has 1 saturated carbocycles. The average Bonchev–Trinajstić information content (AvgIpc) is 3.47. The molecular weight excluding hydrogens is 302 g/mol. The highest BCUT2D eigenvalue weighted by Crippen LogP contribution is 2.32. The predicted octanol–water partition coefficient (Wildman–Crippen LogP) is 2.82. The maximum atomic E-state index is 12.6. The fourth-order valence-corrected chi connectivity index (χ4v) is 3.39. The summed E-state index contributed by atoms with van der Waals surface area (Å²) in [5.74, 6) is 0.545. The molecule has 0 unspecified atom stereocenters. The number of rotatable bonds is 3. The van der Waals surface area contributed by atoms with Gasteiger partial charge in [0, 0.05) is 36.5 Å². The Hall–Kier alpha value is -2.43. The Labute approximate surface area is 141 Å². The average molecular weight is 323 g/mol. The summed E-state index contributed by atoms with van der Waals surface area (Å²) in [6.07, 6.45) is 5.28. The van der Waals surface area contributed by atoms with Crippen molar-refractivity contribution in [2.75, 3.05) is 18.4 Å². The summed E-state index contributed by atoms with van der Waals surface area (Å²) in [5, 5.41) is 4.04. The van der Waals surface area contributed by atoms with Crippen molar-refractivity contribution >= 4 is 28.4 Å². The number of aromatic nitrogens is 1. The number of para-hydroxylation sites is 1. The van der Waals surface area contributed by atoms with Gasteiger partial charge in [-0.05, 0) is 37.8 Å². The molecule has 0 radical (unpaired) electrons. The van der Waals surface area contributed by atoms with E-state index in [1.165, 1.54) is 0 Å². The molecule has 1 aliphatic carbocycles. The third-order valence-electron chi connectivity index (χ3n) is 4.99. The van der Waals surface area contributed by atoms with Crippen molar-refractivity contribution in [3.05, 3.63) is 36.5 Å². The Kier molecular flexibility index (Phi) is 3.92. The van der Waals surface area contributed by atoms with E-state index in [2.05, 4.69) is 10.3 Å². The molecule has 1 aromatic carbocycles. The van der Waals surface area contributed by atoms with Gasteiger partial charge in [0.1, 0.15) is 0 Å². The Morgan fingerprint density at radius 2 is 1.75 bits per heavy atom. The van der Waals surface area contributed by atoms with Crippen LogP contribution >= 0.6 is 0 Å². The van der Waals surface area contributed by atoms with E-state index in [-0.39, 0.29) is 23.7 Å². The standard InChI is InChI=1S/C19H21N3O2/c23-18(14-8-11-22(12-9-14)19(24)15-6-7-15)21-16-5-1-3-13-4-2-10-20-17(13)16/h1-5,10,14-15H,6-9,11-12H2,(H,21,23). The van der Waals surface area contributed by atoms with E-state index in [1.54, 1.807) is 6.20 Å². The van der Waals surface area contributed by atoms with Gasteiger partial charge in [-0.2, -0.15) is 0 Å². The zero-order valence-electron chi connectivity index (χ0n) is 13.6. The van der Waals surface area contributed by atoms with Crippen LogP contribution in [0.4, 0.5) is 5.69 Å². The largest absolute Gasteiger partial charge is 0.342 e. The fourth-order valence-electron chi connectivity index (χ4n) is 3.39. The van der Waals surface area contributed by atoms with Crippen LogP contribution in [-0.2, 0) is 9.59 Å². The minimum atomic E-state index is -0.0350. The maximum Gasteiger partial charge on any atom is 0.227 e. The van der Waals surface area contributed by atoms with Gasteiger partial charge < -0.3 is 10.2 Å². The number of nitrogens with one attached hydrogen (secondary N) is 1. The van der Waals surface area contributed by atoms with Gasteiger partial charge in [0.2, 0.25) is 11.8 Å². The first-order valence-electron chi connectivity index (χ1n) is 8.66. The predicted molar refractivity (Wildman–Crippen MR) is 92.4 cm³/mol. The van der Waals surface area contributed by atoms with Gasteiger partial charge >= 0.3 is 0 Å². The van der Waals surface area contributed by atoms with Gasteiger partial charge in [-0.15, -0.1) is 0 Å². The van der Waals surface area contributed by atoms with Crippen LogP contribution in [0, 0.1) is 11.8 Å². The summed E-state index contributed by atoms with van der Waals surface area (Å²) in [6.45, 7) is 1.39. The van der Waals surface area contributed by atoms with Crippen molar-refractivity contribution in [1.82, 2.24) is 9.88 Å².